The van der Waals surface area contributed by atoms with E-state index in [-0.39, 0.29) is 25.3 Å². The van der Waals surface area contributed by atoms with Crippen molar-refractivity contribution in [3.05, 3.63) is 41.6 Å². The number of methoxy groups -OCH3 is 1. The van der Waals surface area contributed by atoms with Gasteiger partial charge in [-0.15, -0.1) is 0 Å². The van der Waals surface area contributed by atoms with Gasteiger partial charge in [-0.3, -0.25) is 19.1 Å². The largest absolute Gasteiger partial charge is 0.494 e. The van der Waals surface area contributed by atoms with Crippen LogP contribution in [0.3, 0.4) is 0 Å². The minimum atomic E-state index is -3.92. The fourth-order valence-corrected chi connectivity index (χ4v) is 8.02. The van der Waals surface area contributed by atoms with Crippen molar-refractivity contribution in [2.75, 3.05) is 13.7 Å². The number of halogens is 1. The second kappa shape index (κ2) is 14.0. The number of nitrogens with zero attached hydrogens (tertiary/aromatic N) is 2. The van der Waals surface area contributed by atoms with Gasteiger partial charge in [-0.25, -0.2) is 18.2 Å². The van der Waals surface area contributed by atoms with E-state index in [0.717, 1.165) is 0 Å². The zero-order valence-electron chi connectivity index (χ0n) is 30.8. The number of amides is 4. The summed E-state index contributed by atoms with van der Waals surface area (Å²) < 4.78 is 45.0. The van der Waals surface area contributed by atoms with Crippen LogP contribution in [0.1, 0.15) is 74.1 Å². The van der Waals surface area contributed by atoms with Gasteiger partial charge in [0.2, 0.25) is 27.7 Å². The summed E-state index contributed by atoms with van der Waals surface area (Å²) in [6.07, 6.45) is 0.916. The molecule has 5 atom stereocenters. The summed E-state index contributed by atoms with van der Waals surface area (Å²) in [6.45, 7) is 16.0. The third-order valence-corrected chi connectivity index (χ3v) is 11.5. The fraction of sp³-hybridized carbons (Fsp3) is 0.583. The first-order valence-electron chi connectivity index (χ1n) is 17.2. The molecule has 3 aliphatic rings. The highest BCUT2D eigenvalue weighted by molar-refractivity contribution is 7.91. The first-order valence-corrected chi connectivity index (χ1v) is 19.1. The number of ether oxygens (including phenoxy) is 3. The van der Waals surface area contributed by atoms with E-state index in [0.29, 0.717) is 40.0 Å². The topological polar surface area (TPSA) is 182 Å². The van der Waals surface area contributed by atoms with Crippen LogP contribution >= 0.6 is 11.6 Å². The number of carbonyl (C=O) groups excluding carboxylic acids is 4. The molecule has 284 valence electrons. The van der Waals surface area contributed by atoms with Crippen molar-refractivity contribution >= 4 is 56.2 Å². The normalized spacial score (nSPS) is 23.7. The summed E-state index contributed by atoms with van der Waals surface area (Å²) >= 11 is 6.33. The van der Waals surface area contributed by atoms with Gasteiger partial charge in [0.05, 0.1) is 25.1 Å². The molecule has 16 heteroatoms. The molecule has 52 heavy (non-hydrogen) atoms. The Bertz CT molecular complexity index is 1900. The number of aromatic nitrogens is 1. The minimum Gasteiger partial charge on any atom is -0.494 e. The van der Waals surface area contributed by atoms with Crippen molar-refractivity contribution in [2.45, 2.75) is 109 Å². The lowest BCUT2D eigenvalue weighted by Crippen LogP contribution is -2.60. The van der Waals surface area contributed by atoms with Crippen molar-refractivity contribution in [3.63, 3.8) is 0 Å². The predicted molar refractivity (Wildman–Crippen MR) is 194 cm³/mol. The Labute approximate surface area is 309 Å². The highest BCUT2D eigenvalue weighted by atomic mass is 35.5. The molecule has 3 N–H and O–H groups in total. The van der Waals surface area contributed by atoms with E-state index in [4.69, 9.17) is 25.8 Å². The van der Waals surface area contributed by atoms with Crippen LogP contribution in [-0.4, -0.2) is 90.3 Å². The van der Waals surface area contributed by atoms with E-state index in [1.54, 1.807) is 66.7 Å². The average molecular weight is 762 g/mol. The summed E-state index contributed by atoms with van der Waals surface area (Å²) in [5.74, 6) is -1.97. The number of hydrogen-bond donors (Lipinski definition) is 3. The third kappa shape index (κ3) is 8.41. The fourth-order valence-electron chi connectivity index (χ4n) is 6.48. The quantitative estimate of drug-likeness (QED) is 0.280. The third-order valence-electron chi connectivity index (χ3n) is 9.40. The molecular formula is C36H48ClN5O9S. The maximum atomic E-state index is 14.5. The molecule has 0 bridgehead atoms. The minimum absolute atomic E-state index is 0.0214. The number of benzene rings is 1. The van der Waals surface area contributed by atoms with E-state index >= 15 is 0 Å². The van der Waals surface area contributed by atoms with Crippen LogP contribution in [0.25, 0.3) is 10.8 Å². The van der Waals surface area contributed by atoms with Gasteiger partial charge in [0.25, 0.3) is 5.91 Å². The number of fused-ring (bicyclic) bond motifs is 1. The van der Waals surface area contributed by atoms with Gasteiger partial charge < -0.3 is 29.7 Å². The number of nitrogens with one attached hydrogen (secondary N) is 3. The Kier molecular flexibility index (Phi) is 10.6. The Balaban J connectivity index is 1.48. The molecule has 1 aromatic carbocycles. The molecule has 1 aromatic heterocycles. The van der Waals surface area contributed by atoms with Crippen LogP contribution in [0.4, 0.5) is 4.79 Å². The van der Waals surface area contributed by atoms with Gasteiger partial charge in [-0.2, -0.15) is 0 Å². The second-order valence-corrected chi connectivity index (χ2v) is 18.4. The number of rotatable bonds is 11. The number of hydrogen-bond acceptors (Lipinski definition) is 10. The molecule has 2 aliphatic carbocycles. The van der Waals surface area contributed by atoms with E-state index in [1.165, 1.54) is 18.2 Å². The van der Waals surface area contributed by atoms with Crippen LogP contribution in [0, 0.1) is 11.3 Å². The number of likely N-dealkylation sites (tertiary alicyclic amines) is 1. The number of alkyl carbamates (subject to hydrolysis) is 1. The monoisotopic (exact) mass is 761 g/mol. The first-order chi connectivity index (χ1) is 24.1. The average Bonchev–Trinajstić information content (AvgIpc) is 3.95. The van der Waals surface area contributed by atoms with Gasteiger partial charge >= 0.3 is 6.09 Å². The lowest BCUT2D eigenvalue weighted by molar-refractivity contribution is -0.143. The molecule has 2 saturated carbocycles. The summed E-state index contributed by atoms with van der Waals surface area (Å²) in [5, 5.41) is 6.50. The van der Waals surface area contributed by atoms with Gasteiger partial charge in [-0.1, -0.05) is 44.5 Å². The van der Waals surface area contributed by atoms with E-state index in [2.05, 4.69) is 26.9 Å². The maximum absolute atomic E-state index is 14.5. The van der Waals surface area contributed by atoms with Crippen molar-refractivity contribution in [1.82, 2.24) is 25.2 Å². The highest BCUT2D eigenvalue weighted by Crippen LogP contribution is 2.49. The Morgan fingerprint density at radius 1 is 1.10 bits per heavy atom. The molecule has 0 unspecified atom stereocenters. The smallest absolute Gasteiger partial charge is 0.408 e. The van der Waals surface area contributed by atoms with Gasteiger partial charge in [0.1, 0.15) is 35.1 Å². The Hall–Kier alpha value is -4.11. The lowest BCUT2D eigenvalue weighted by atomic mass is 9.85. The molecule has 0 spiro atoms. The van der Waals surface area contributed by atoms with Crippen LogP contribution in [-0.2, 0) is 29.1 Å². The molecule has 14 nitrogen and oxygen atoms in total. The van der Waals surface area contributed by atoms with Crippen molar-refractivity contribution < 1.29 is 41.8 Å². The van der Waals surface area contributed by atoms with Crippen molar-refractivity contribution in [2.24, 2.45) is 11.3 Å². The summed E-state index contributed by atoms with van der Waals surface area (Å²) in [6, 6.07) is 2.82. The molecule has 0 radical (unpaired) electrons. The molecular weight excluding hydrogens is 714 g/mol. The van der Waals surface area contributed by atoms with Crippen LogP contribution in [0.5, 0.6) is 11.6 Å². The number of pyridine rings is 1. The maximum Gasteiger partial charge on any atom is 0.408 e. The van der Waals surface area contributed by atoms with E-state index < -0.39 is 79.7 Å². The number of sulfonamides is 1. The van der Waals surface area contributed by atoms with Crippen molar-refractivity contribution in [3.8, 4) is 11.6 Å². The summed E-state index contributed by atoms with van der Waals surface area (Å²) in [7, 11) is -2.41. The van der Waals surface area contributed by atoms with Crippen LogP contribution in [0.15, 0.2) is 36.5 Å². The SMILES string of the molecule is C=C(C)[C@@H]1C[C@]1(NC(=O)[C@@H]1C[C@@H](Oc2ncc(OC)c3ccc(Cl)cc23)CN1C(=O)[C@@H](NC(=O)OC(C)(C)C)C(C)(C)C)C(=O)NS(=O)(=O)C1CC1. The molecule has 1 saturated heterocycles. The van der Waals surface area contributed by atoms with E-state index in [9.17, 15) is 27.6 Å². The molecule has 2 heterocycles. The second-order valence-electron chi connectivity index (χ2n) is 16.0. The van der Waals surface area contributed by atoms with E-state index in [1.807, 2.05) is 0 Å². The summed E-state index contributed by atoms with van der Waals surface area (Å²) in [5.41, 5.74) is -2.67. The molecule has 5 rings (SSSR count). The van der Waals surface area contributed by atoms with Crippen LogP contribution in [0.2, 0.25) is 5.02 Å². The zero-order chi connectivity index (χ0) is 38.6. The van der Waals surface area contributed by atoms with Gasteiger partial charge in [0, 0.05) is 28.1 Å². The predicted octanol–water partition coefficient (Wildman–Crippen LogP) is 4.24. The standard InChI is InChI=1S/C36H48ClN5O9S/c1-19(2)25-16-36(25,32(45)41-52(47,48)22-11-12-22)40-29(43)26-15-21(50-30-24-14-20(37)10-13-23(24)27(49-9)17-38-30)18-42(26)31(44)28(34(3,4)5)39-33(46)51-35(6,7)8/h10,13-14,17,21-22,25-26,28H,1,11-12,15-16,18H2,2-9H3,(H,39,46)(H,40,43)(H,41,45)/t21-,25+,26+,28-,36-/m1/s1. The molecule has 3 fully saturated rings. The molecule has 2 aromatic rings. The molecule has 1 aliphatic heterocycles. The Morgan fingerprint density at radius 3 is 2.33 bits per heavy atom. The lowest BCUT2D eigenvalue weighted by Gasteiger charge is -2.36. The van der Waals surface area contributed by atoms with Gasteiger partial charge in [-0.05, 0) is 70.6 Å². The number of carbonyl (C=O) groups is 4. The highest BCUT2D eigenvalue weighted by Gasteiger charge is 2.63. The Morgan fingerprint density at radius 2 is 1.77 bits per heavy atom. The first kappa shape index (κ1) is 39.1. The van der Waals surface area contributed by atoms with Crippen molar-refractivity contribution in [1.29, 1.82) is 0 Å². The van der Waals surface area contributed by atoms with Crippen LogP contribution < -0.4 is 24.8 Å². The molecule has 4 amide bonds. The zero-order valence-corrected chi connectivity index (χ0v) is 32.4. The van der Waals surface area contributed by atoms with Gasteiger partial charge in [0.15, 0.2) is 0 Å². The summed E-state index contributed by atoms with van der Waals surface area (Å²) in [4.78, 5) is 61.2.